The van der Waals surface area contributed by atoms with E-state index in [1.165, 1.54) is 0 Å². The Morgan fingerprint density at radius 2 is 1.84 bits per heavy atom. The highest BCUT2D eigenvalue weighted by molar-refractivity contribution is 5.43. The smallest absolute Gasteiger partial charge is 0.128 e. The molecule has 1 atom stereocenters. The normalized spacial score (nSPS) is 23.2. The quantitative estimate of drug-likeness (QED) is 0.890. The molecule has 0 aliphatic carbocycles. The van der Waals surface area contributed by atoms with Crippen LogP contribution in [0.3, 0.4) is 0 Å². The third kappa shape index (κ3) is 3.45. The van der Waals surface area contributed by atoms with Gasteiger partial charge in [0.25, 0.3) is 0 Å². The van der Waals surface area contributed by atoms with Gasteiger partial charge in [0.1, 0.15) is 5.82 Å². The first-order valence-corrected chi connectivity index (χ1v) is 6.85. The van der Waals surface area contributed by atoms with E-state index in [1.807, 2.05) is 19.2 Å². The number of morpholine rings is 1. The zero-order valence-electron chi connectivity index (χ0n) is 12.6. The van der Waals surface area contributed by atoms with Crippen molar-refractivity contribution in [2.45, 2.75) is 51.9 Å². The second kappa shape index (κ2) is 4.76. The van der Waals surface area contributed by atoms with Crippen LogP contribution < -0.4 is 10.6 Å². The van der Waals surface area contributed by atoms with E-state index in [0.717, 1.165) is 24.5 Å². The molecule has 1 saturated heterocycles. The maximum absolute atomic E-state index is 6.10. The summed E-state index contributed by atoms with van der Waals surface area (Å²) in [6.07, 6.45) is 1.84. The summed E-state index contributed by atoms with van der Waals surface area (Å²) in [5.74, 6) is 0.985. The summed E-state index contributed by atoms with van der Waals surface area (Å²) < 4.78 is 6.10. The van der Waals surface area contributed by atoms with Gasteiger partial charge >= 0.3 is 0 Å². The van der Waals surface area contributed by atoms with Crippen molar-refractivity contribution in [1.82, 2.24) is 4.98 Å². The molecule has 2 N–H and O–H groups in total. The molecule has 0 saturated carbocycles. The molecule has 2 rings (SSSR count). The zero-order valence-corrected chi connectivity index (χ0v) is 12.6. The van der Waals surface area contributed by atoms with Crippen LogP contribution in [0.1, 0.15) is 46.2 Å². The van der Waals surface area contributed by atoms with Crippen LogP contribution in [0.2, 0.25) is 0 Å². The number of pyridine rings is 1. The van der Waals surface area contributed by atoms with Crippen molar-refractivity contribution in [1.29, 1.82) is 0 Å². The second-order valence-electron chi connectivity index (χ2n) is 6.71. The van der Waals surface area contributed by atoms with Crippen LogP contribution in [0, 0.1) is 0 Å². The molecule has 0 bridgehead atoms. The summed E-state index contributed by atoms with van der Waals surface area (Å²) in [7, 11) is 0. The van der Waals surface area contributed by atoms with E-state index in [2.05, 4.69) is 43.6 Å². The standard InChI is InChI=1S/C15H25N3O/c1-11(16)12-6-7-17-13(8-12)18-9-14(2,3)19-15(4,5)10-18/h6-8,11H,9-10,16H2,1-5H3/t11-/m0/s1. The summed E-state index contributed by atoms with van der Waals surface area (Å²) in [5, 5.41) is 0. The Bertz CT molecular complexity index is 438. The summed E-state index contributed by atoms with van der Waals surface area (Å²) in [4.78, 5) is 6.78. The van der Waals surface area contributed by atoms with E-state index in [-0.39, 0.29) is 17.2 Å². The first-order valence-electron chi connectivity index (χ1n) is 6.85. The van der Waals surface area contributed by atoms with E-state index in [1.54, 1.807) is 0 Å². The summed E-state index contributed by atoms with van der Waals surface area (Å²) in [5.41, 5.74) is 6.72. The molecule has 0 spiro atoms. The van der Waals surface area contributed by atoms with Crippen molar-refractivity contribution in [2.24, 2.45) is 5.73 Å². The maximum Gasteiger partial charge on any atom is 0.128 e. The van der Waals surface area contributed by atoms with E-state index < -0.39 is 0 Å². The van der Waals surface area contributed by atoms with Gasteiger partial charge in [0.15, 0.2) is 0 Å². The predicted molar refractivity (Wildman–Crippen MR) is 78.3 cm³/mol. The molecular formula is C15H25N3O. The minimum Gasteiger partial charge on any atom is -0.366 e. The third-order valence-corrected chi connectivity index (χ3v) is 3.32. The number of rotatable bonds is 2. The highest BCUT2D eigenvalue weighted by Gasteiger charge is 2.38. The monoisotopic (exact) mass is 263 g/mol. The molecule has 19 heavy (non-hydrogen) atoms. The van der Waals surface area contributed by atoms with Crippen LogP contribution in [0.4, 0.5) is 5.82 Å². The lowest BCUT2D eigenvalue weighted by molar-refractivity contribution is -0.133. The Labute approximate surface area is 116 Å². The Kier molecular flexibility index (Phi) is 3.58. The molecule has 0 amide bonds. The van der Waals surface area contributed by atoms with Gasteiger partial charge in [-0.25, -0.2) is 4.98 Å². The van der Waals surface area contributed by atoms with E-state index >= 15 is 0 Å². The van der Waals surface area contributed by atoms with Crippen molar-refractivity contribution in [3.63, 3.8) is 0 Å². The molecule has 1 aromatic heterocycles. The molecule has 4 nitrogen and oxygen atoms in total. The molecule has 0 aromatic carbocycles. The largest absolute Gasteiger partial charge is 0.366 e. The number of nitrogens with zero attached hydrogens (tertiary/aromatic N) is 2. The molecule has 0 radical (unpaired) electrons. The minimum atomic E-state index is -0.173. The molecule has 0 unspecified atom stereocenters. The molecule has 1 aromatic rings. The van der Waals surface area contributed by atoms with Crippen molar-refractivity contribution >= 4 is 5.82 Å². The van der Waals surface area contributed by atoms with Crippen LogP contribution in [0.15, 0.2) is 18.3 Å². The van der Waals surface area contributed by atoms with Gasteiger partial charge < -0.3 is 15.4 Å². The highest BCUT2D eigenvalue weighted by Crippen LogP contribution is 2.31. The number of hydrogen-bond donors (Lipinski definition) is 1. The molecule has 2 heterocycles. The van der Waals surface area contributed by atoms with Crippen molar-refractivity contribution in [2.75, 3.05) is 18.0 Å². The fourth-order valence-electron chi connectivity index (χ4n) is 2.84. The third-order valence-electron chi connectivity index (χ3n) is 3.32. The van der Waals surface area contributed by atoms with Crippen molar-refractivity contribution < 1.29 is 4.74 Å². The number of nitrogens with two attached hydrogens (primary N) is 1. The van der Waals surface area contributed by atoms with Crippen LogP contribution in [-0.4, -0.2) is 29.3 Å². The van der Waals surface area contributed by atoms with Crippen LogP contribution >= 0.6 is 0 Å². The molecule has 4 heteroatoms. The van der Waals surface area contributed by atoms with Gasteiger partial charge in [0.2, 0.25) is 0 Å². The Balaban J connectivity index is 2.28. The van der Waals surface area contributed by atoms with Gasteiger partial charge in [-0.05, 0) is 52.3 Å². The number of aromatic nitrogens is 1. The lowest BCUT2D eigenvalue weighted by Crippen LogP contribution is -2.57. The van der Waals surface area contributed by atoms with Crippen molar-refractivity contribution in [3.8, 4) is 0 Å². The molecule has 1 aliphatic heterocycles. The number of anilines is 1. The lowest BCUT2D eigenvalue weighted by Gasteiger charge is -2.47. The topological polar surface area (TPSA) is 51.4 Å². The molecule has 106 valence electrons. The van der Waals surface area contributed by atoms with Crippen molar-refractivity contribution in [3.05, 3.63) is 23.9 Å². The number of hydrogen-bond acceptors (Lipinski definition) is 4. The molecule has 1 aliphatic rings. The van der Waals surface area contributed by atoms with Gasteiger partial charge in [-0.3, -0.25) is 0 Å². The Morgan fingerprint density at radius 3 is 2.37 bits per heavy atom. The minimum absolute atomic E-state index is 0.0313. The van der Waals surface area contributed by atoms with Gasteiger partial charge in [-0.2, -0.15) is 0 Å². The SMILES string of the molecule is C[C@H](N)c1ccnc(N2CC(C)(C)OC(C)(C)C2)c1. The maximum atomic E-state index is 6.10. The van der Waals surface area contributed by atoms with Gasteiger partial charge in [-0.1, -0.05) is 0 Å². The van der Waals surface area contributed by atoms with Crippen LogP contribution in [0.5, 0.6) is 0 Å². The number of ether oxygens (including phenoxy) is 1. The summed E-state index contributed by atoms with van der Waals surface area (Å²) >= 11 is 0. The first kappa shape index (κ1) is 14.3. The summed E-state index contributed by atoms with van der Waals surface area (Å²) in [6, 6.07) is 4.09. The highest BCUT2D eigenvalue weighted by atomic mass is 16.5. The molecule has 1 fully saturated rings. The average molecular weight is 263 g/mol. The van der Waals surface area contributed by atoms with E-state index in [4.69, 9.17) is 10.5 Å². The van der Waals surface area contributed by atoms with Gasteiger partial charge in [-0.15, -0.1) is 0 Å². The average Bonchev–Trinajstić information content (AvgIpc) is 2.25. The van der Waals surface area contributed by atoms with E-state index in [0.29, 0.717) is 0 Å². The van der Waals surface area contributed by atoms with E-state index in [9.17, 15) is 0 Å². The van der Waals surface area contributed by atoms with Crippen LogP contribution in [-0.2, 0) is 4.74 Å². The second-order valence-corrected chi connectivity index (χ2v) is 6.71. The van der Waals surface area contributed by atoms with Gasteiger partial charge in [0, 0.05) is 25.3 Å². The van der Waals surface area contributed by atoms with Gasteiger partial charge in [0.05, 0.1) is 11.2 Å². The summed E-state index contributed by atoms with van der Waals surface area (Å²) in [6.45, 7) is 12.2. The fourth-order valence-corrected chi connectivity index (χ4v) is 2.84. The Hall–Kier alpha value is -1.13. The van der Waals surface area contributed by atoms with Crippen LogP contribution in [0.25, 0.3) is 0 Å². The first-order chi connectivity index (χ1) is 8.69. The lowest BCUT2D eigenvalue weighted by atomic mass is 9.98. The zero-order chi connectivity index (χ0) is 14.3. The Morgan fingerprint density at radius 1 is 1.26 bits per heavy atom. The molecular weight excluding hydrogens is 238 g/mol. The fraction of sp³-hybridized carbons (Fsp3) is 0.667. The predicted octanol–water partition coefficient (Wildman–Crippen LogP) is 2.50.